The lowest BCUT2D eigenvalue weighted by Crippen LogP contribution is -2.25. The van der Waals surface area contributed by atoms with Crippen molar-refractivity contribution in [3.8, 4) is 5.75 Å². The summed E-state index contributed by atoms with van der Waals surface area (Å²) in [6, 6.07) is 15.3. The highest BCUT2D eigenvalue weighted by molar-refractivity contribution is 5.96. The van der Waals surface area contributed by atoms with Crippen molar-refractivity contribution in [2.24, 2.45) is 0 Å². The molecular weight excluding hydrogens is 366 g/mol. The van der Waals surface area contributed by atoms with Gasteiger partial charge in [-0.2, -0.15) is 0 Å². The summed E-state index contributed by atoms with van der Waals surface area (Å²) in [7, 11) is 3.54. The predicted molar refractivity (Wildman–Crippen MR) is 114 cm³/mol. The number of ether oxygens (including phenoxy) is 2. The number of likely N-dealkylation sites (N-methyl/N-ethyl adjacent to an activating group) is 1. The third-order valence-electron chi connectivity index (χ3n) is 5.12. The Hall–Kier alpha value is -3.34. The Morgan fingerprint density at radius 1 is 1.07 bits per heavy atom. The van der Waals surface area contributed by atoms with Crippen LogP contribution < -0.4 is 9.64 Å². The average Bonchev–Trinajstić information content (AvgIpc) is 2.92. The van der Waals surface area contributed by atoms with Crippen molar-refractivity contribution < 1.29 is 19.1 Å². The molecule has 150 valence electrons. The zero-order valence-corrected chi connectivity index (χ0v) is 17.1. The van der Waals surface area contributed by atoms with Crippen LogP contribution in [-0.4, -0.2) is 32.5 Å². The summed E-state index contributed by atoms with van der Waals surface area (Å²) in [6.45, 7) is 3.87. The molecule has 0 saturated carbocycles. The molecule has 0 radical (unpaired) electrons. The summed E-state index contributed by atoms with van der Waals surface area (Å²) in [5.41, 5.74) is 3.67. The van der Waals surface area contributed by atoms with Gasteiger partial charge in [0.05, 0.1) is 7.11 Å². The molecule has 0 fully saturated rings. The lowest BCUT2D eigenvalue weighted by molar-refractivity contribution is -0.141. The standard InChI is InChI=1S/C24H25NO4/c1-24(2)20-7-5-6-8-21(20)25(3)22(24)15-18(26)16-29-23(27)14-11-17-9-12-19(28-4)13-10-17/h5-15H,16H2,1-4H3. The Bertz CT molecular complexity index is 971. The lowest BCUT2D eigenvalue weighted by Gasteiger charge is -2.23. The minimum Gasteiger partial charge on any atom is -0.497 e. The van der Waals surface area contributed by atoms with Gasteiger partial charge in [-0.15, -0.1) is 0 Å². The van der Waals surface area contributed by atoms with Gasteiger partial charge in [0.15, 0.2) is 12.4 Å². The van der Waals surface area contributed by atoms with Gasteiger partial charge < -0.3 is 14.4 Å². The molecule has 0 N–H and O–H groups in total. The first kappa shape index (κ1) is 20.4. The SMILES string of the molecule is COc1ccc(C=CC(=O)OCC(=O)C=C2N(C)c3ccccc3C2(C)C)cc1. The van der Waals surface area contributed by atoms with Gasteiger partial charge in [0, 0.05) is 36.0 Å². The van der Waals surface area contributed by atoms with E-state index in [4.69, 9.17) is 9.47 Å². The second-order valence-electron chi connectivity index (χ2n) is 7.41. The van der Waals surface area contributed by atoms with Crippen LogP contribution in [0.15, 0.2) is 66.4 Å². The smallest absolute Gasteiger partial charge is 0.331 e. The zero-order valence-electron chi connectivity index (χ0n) is 17.1. The highest BCUT2D eigenvalue weighted by Gasteiger charge is 2.38. The van der Waals surface area contributed by atoms with E-state index in [1.165, 1.54) is 11.6 Å². The summed E-state index contributed by atoms with van der Waals surface area (Å²) in [4.78, 5) is 26.4. The van der Waals surface area contributed by atoms with Crippen LogP contribution in [0.2, 0.25) is 0 Å². The summed E-state index contributed by atoms with van der Waals surface area (Å²) in [6.07, 6.45) is 4.51. The number of esters is 1. The van der Waals surface area contributed by atoms with Gasteiger partial charge in [0.1, 0.15) is 5.75 Å². The van der Waals surface area contributed by atoms with E-state index < -0.39 is 5.97 Å². The number of ketones is 1. The van der Waals surface area contributed by atoms with Crippen LogP contribution in [-0.2, 0) is 19.7 Å². The number of carbonyl (C=O) groups is 2. The van der Waals surface area contributed by atoms with Gasteiger partial charge in [-0.25, -0.2) is 4.79 Å². The number of carbonyl (C=O) groups excluding carboxylic acids is 2. The number of methoxy groups -OCH3 is 1. The summed E-state index contributed by atoms with van der Waals surface area (Å²) >= 11 is 0. The molecule has 2 aromatic rings. The topological polar surface area (TPSA) is 55.8 Å². The van der Waals surface area contributed by atoms with E-state index in [9.17, 15) is 9.59 Å². The first-order valence-corrected chi connectivity index (χ1v) is 9.40. The molecule has 0 aliphatic carbocycles. The van der Waals surface area contributed by atoms with Crippen molar-refractivity contribution >= 4 is 23.5 Å². The van der Waals surface area contributed by atoms with Gasteiger partial charge in [-0.05, 0) is 35.4 Å². The third-order valence-corrected chi connectivity index (χ3v) is 5.12. The highest BCUT2D eigenvalue weighted by Crippen LogP contribution is 2.46. The Kier molecular flexibility index (Phi) is 5.87. The molecule has 1 aliphatic rings. The molecular formula is C24H25NO4. The fourth-order valence-corrected chi connectivity index (χ4v) is 3.52. The van der Waals surface area contributed by atoms with Gasteiger partial charge in [0.25, 0.3) is 0 Å². The minimum atomic E-state index is -0.560. The molecule has 5 heteroatoms. The van der Waals surface area contributed by atoms with E-state index in [1.807, 2.05) is 42.3 Å². The van der Waals surface area contributed by atoms with E-state index >= 15 is 0 Å². The van der Waals surface area contributed by atoms with E-state index in [0.29, 0.717) is 0 Å². The maximum Gasteiger partial charge on any atom is 0.331 e. The summed E-state index contributed by atoms with van der Waals surface area (Å²) < 4.78 is 10.2. The normalized spacial score (nSPS) is 16.1. The first-order valence-electron chi connectivity index (χ1n) is 9.40. The van der Waals surface area contributed by atoms with Gasteiger partial charge in [0.2, 0.25) is 0 Å². The average molecular weight is 391 g/mol. The van der Waals surface area contributed by atoms with Crippen molar-refractivity contribution in [1.29, 1.82) is 0 Å². The van der Waals surface area contributed by atoms with E-state index in [2.05, 4.69) is 19.9 Å². The number of allylic oxidation sites excluding steroid dienone is 1. The number of fused-ring (bicyclic) bond motifs is 1. The first-order chi connectivity index (χ1) is 13.8. The molecule has 1 aliphatic heterocycles. The Balaban J connectivity index is 1.60. The molecule has 3 rings (SSSR count). The number of para-hydroxylation sites is 1. The van der Waals surface area contributed by atoms with Gasteiger partial charge >= 0.3 is 5.97 Å². The third kappa shape index (κ3) is 4.40. The molecule has 0 amide bonds. The number of rotatable bonds is 6. The maximum atomic E-state index is 12.4. The summed E-state index contributed by atoms with van der Waals surface area (Å²) in [5.74, 6) is -0.0702. The van der Waals surface area contributed by atoms with E-state index in [1.54, 1.807) is 31.4 Å². The quantitative estimate of drug-likeness (QED) is 0.547. The number of nitrogens with zero attached hydrogens (tertiary/aromatic N) is 1. The number of hydrogen-bond acceptors (Lipinski definition) is 5. The molecule has 5 nitrogen and oxygen atoms in total. The van der Waals surface area contributed by atoms with Crippen LogP contribution in [0.3, 0.4) is 0 Å². The number of benzene rings is 2. The Morgan fingerprint density at radius 2 is 1.76 bits per heavy atom. The zero-order chi connectivity index (χ0) is 21.0. The molecule has 0 unspecified atom stereocenters. The molecule has 0 aromatic heterocycles. The Morgan fingerprint density at radius 3 is 2.41 bits per heavy atom. The number of anilines is 1. The molecule has 29 heavy (non-hydrogen) atoms. The second-order valence-corrected chi connectivity index (χ2v) is 7.41. The fourth-order valence-electron chi connectivity index (χ4n) is 3.52. The Labute approximate surface area is 171 Å². The highest BCUT2D eigenvalue weighted by atomic mass is 16.5. The monoisotopic (exact) mass is 391 g/mol. The van der Waals surface area contributed by atoms with Crippen molar-refractivity contribution in [3.05, 3.63) is 77.5 Å². The number of hydrogen-bond donors (Lipinski definition) is 0. The molecule has 2 aromatic carbocycles. The molecule has 0 spiro atoms. The second kappa shape index (κ2) is 8.35. The fraction of sp³-hybridized carbons (Fsp3) is 0.250. The van der Waals surface area contributed by atoms with Crippen LogP contribution in [0.1, 0.15) is 25.0 Å². The molecule has 0 saturated heterocycles. The van der Waals surface area contributed by atoms with Crippen LogP contribution >= 0.6 is 0 Å². The van der Waals surface area contributed by atoms with E-state index in [0.717, 1.165) is 22.7 Å². The van der Waals surface area contributed by atoms with Crippen LogP contribution in [0.25, 0.3) is 6.08 Å². The molecule has 1 heterocycles. The predicted octanol–water partition coefficient (Wildman–Crippen LogP) is 4.13. The van der Waals surface area contributed by atoms with E-state index in [-0.39, 0.29) is 17.8 Å². The van der Waals surface area contributed by atoms with Crippen LogP contribution in [0.5, 0.6) is 5.75 Å². The van der Waals surface area contributed by atoms with Crippen molar-refractivity contribution in [2.45, 2.75) is 19.3 Å². The van der Waals surface area contributed by atoms with Crippen molar-refractivity contribution in [2.75, 3.05) is 25.7 Å². The van der Waals surface area contributed by atoms with Gasteiger partial charge in [-0.1, -0.05) is 44.2 Å². The molecule has 0 atom stereocenters. The maximum absolute atomic E-state index is 12.4. The lowest BCUT2D eigenvalue weighted by atomic mass is 9.83. The minimum absolute atomic E-state index is 0.251. The van der Waals surface area contributed by atoms with Crippen molar-refractivity contribution in [1.82, 2.24) is 0 Å². The largest absolute Gasteiger partial charge is 0.497 e. The molecule has 0 bridgehead atoms. The van der Waals surface area contributed by atoms with Gasteiger partial charge in [-0.3, -0.25) is 4.79 Å². The van der Waals surface area contributed by atoms with Crippen molar-refractivity contribution in [3.63, 3.8) is 0 Å². The van der Waals surface area contributed by atoms with Crippen LogP contribution in [0.4, 0.5) is 5.69 Å². The van der Waals surface area contributed by atoms with Crippen LogP contribution in [0, 0.1) is 0 Å². The summed E-state index contributed by atoms with van der Waals surface area (Å²) in [5, 5.41) is 0.